The Bertz CT molecular complexity index is 822. The lowest BCUT2D eigenvalue weighted by molar-refractivity contribution is 0.213. The summed E-state index contributed by atoms with van der Waals surface area (Å²) in [6.45, 7) is 2.76. The molecule has 0 amide bonds. The Morgan fingerprint density at radius 1 is 1.17 bits per heavy atom. The molecule has 2 aromatic carbocycles. The molecule has 1 atom stereocenters. The van der Waals surface area contributed by atoms with Crippen molar-refractivity contribution in [3.8, 4) is 11.6 Å². The molecule has 1 fully saturated rings. The molecule has 1 saturated heterocycles. The normalized spacial score (nSPS) is 18.0. The fourth-order valence-corrected chi connectivity index (χ4v) is 3.19. The monoisotopic (exact) mass is 325 g/mol. The van der Waals surface area contributed by atoms with E-state index >= 15 is 0 Å². The number of aromatic nitrogens is 2. The quantitative estimate of drug-likeness (QED) is 0.797. The molecule has 1 aromatic heterocycles. The van der Waals surface area contributed by atoms with E-state index in [0.29, 0.717) is 18.4 Å². The maximum Gasteiger partial charge on any atom is 0.241 e. The van der Waals surface area contributed by atoms with Crippen molar-refractivity contribution in [3.05, 3.63) is 54.3 Å². The van der Waals surface area contributed by atoms with Gasteiger partial charge in [0.15, 0.2) is 0 Å². The SMILES string of the molecule is Fc1ccc(-n2nc(OCC3CCCNC3)c3ccccc32)cc1. The van der Waals surface area contributed by atoms with E-state index in [9.17, 15) is 4.39 Å². The van der Waals surface area contributed by atoms with Gasteiger partial charge in [-0.1, -0.05) is 12.1 Å². The summed E-state index contributed by atoms with van der Waals surface area (Å²) in [4.78, 5) is 0. The maximum atomic E-state index is 13.2. The van der Waals surface area contributed by atoms with Crippen LogP contribution in [-0.2, 0) is 0 Å². The van der Waals surface area contributed by atoms with Gasteiger partial charge in [0.25, 0.3) is 0 Å². The van der Waals surface area contributed by atoms with Crippen LogP contribution in [0.25, 0.3) is 16.6 Å². The summed E-state index contributed by atoms with van der Waals surface area (Å²) < 4.78 is 21.0. The van der Waals surface area contributed by atoms with Crippen LogP contribution < -0.4 is 10.1 Å². The van der Waals surface area contributed by atoms with Gasteiger partial charge in [0.2, 0.25) is 5.88 Å². The van der Waals surface area contributed by atoms with Gasteiger partial charge in [-0.2, -0.15) is 0 Å². The molecule has 1 aliphatic rings. The molecule has 1 aliphatic heterocycles. The highest BCUT2D eigenvalue weighted by Gasteiger charge is 2.17. The van der Waals surface area contributed by atoms with Crippen LogP contribution in [0.1, 0.15) is 12.8 Å². The number of benzene rings is 2. The Hall–Kier alpha value is -2.40. The van der Waals surface area contributed by atoms with E-state index in [-0.39, 0.29) is 5.82 Å². The number of piperidine rings is 1. The lowest BCUT2D eigenvalue weighted by Gasteiger charge is -2.22. The average Bonchev–Trinajstić information content (AvgIpc) is 3.00. The second kappa shape index (κ2) is 6.61. The molecule has 124 valence electrons. The molecule has 0 spiro atoms. The standard InChI is InChI=1S/C19H20FN3O/c20-15-7-9-16(10-8-15)23-18-6-2-1-5-17(18)19(22-23)24-13-14-4-3-11-21-12-14/h1-2,5-10,14,21H,3-4,11-13H2. The van der Waals surface area contributed by atoms with Gasteiger partial charge in [0.05, 0.1) is 23.2 Å². The summed E-state index contributed by atoms with van der Waals surface area (Å²) in [5, 5.41) is 9.01. The molecule has 5 heteroatoms. The third-order valence-corrected chi connectivity index (χ3v) is 4.48. The second-order valence-electron chi connectivity index (χ2n) is 6.23. The van der Waals surface area contributed by atoms with Gasteiger partial charge in [-0.15, -0.1) is 5.10 Å². The first-order valence-electron chi connectivity index (χ1n) is 8.38. The molecule has 0 saturated carbocycles. The molecule has 24 heavy (non-hydrogen) atoms. The summed E-state index contributed by atoms with van der Waals surface area (Å²) in [5.74, 6) is 0.908. The fourth-order valence-electron chi connectivity index (χ4n) is 3.19. The Labute approximate surface area is 140 Å². The van der Waals surface area contributed by atoms with Crippen molar-refractivity contribution in [2.24, 2.45) is 5.92 Å². The van der Waals surface area contributed by atoms with Crippen molar-refractivity contribution in [1.29, 1.82) is 0 Å². The molecule has 4 rings (SSSR count). The van der Waals surface area contributed by atoms with Crippen LogP contribution in [0.2, 0.25) is 0 Å². The third-order valence-electron chi connectivity index (χ3n) is 4.48. The lowest BCUT2D eigenvalue weighted by Crippen LogP contribution is -2.33. The van der Waals surface area contributed by atoms with Gasteiger partial charge >= 0.3 is 0 Å². The Morgan fingerprint density at radius 2 is 2.00 bits per heavy atom. The Balaban J connectivity index is 1.64. The Kier molecular flexibility index (Phi) is 4.17. The Morgan fingerprint density at radius 3 is 2.79 bits per heavy atom. The number of rotatable bonds is 4. The van der Waals surface area contributed by atoms with Crippen LogP contribution in [0.3, 0.4) is 0 Å². The van der Waals surface area contributed by atoms with Crippen molar-refractivity contribution in [2.75, 3.05) is 19.7 Å². The molecule has 4 nitrogen and oxygen atoms in total. The summed E-state index contributed by atoms with van der Waals surface area (Å²) in [6.07, 6.45) is 2.38. The van der Waals surface area contributed by atoms with Crippen molar-refractivity contribution in [2.45, 2.75) is 12.8 Å². The fraction of sp³-hybridized carbons (Fsp3) is 0.316. The van der Waals surface area contributed by atoms with Crippen LogP contribution in [0.4, 0.5) is 4.39 Å². The van der Waals surface area contributed by atoms with Crippen LogP contribution in [0, 0.1) is 11.7 Å². The zero-order valence-electron chi connectivity index (χ0n) is 13.4. The summed E-state index contributed by atoms with van der Waals surface area (Å²) in [5.41, 5.74) is 1.78. The predicted molar refractivity (Wildman–Crippen MR) is 92.1 cm³/mol. The smallest absolute Gasteiger partial charge is 0.241 e. The van der Waals surface area contributed by atoms with E-state index < -0.39 is 0 Å². The number of fused-ring (bicyclic) bond motifs is 1. The molecular formula is C19H20FN3O. The topological polar surface area (TPSA) is 39.1 Å². The molecule has 3 aromatic rings. The average molecular weight is 325 g/mol. The van der Waals surface area contributed by atoms with Crippen molar-refractivity contribution in [1.82, 2.24) is 15.1 Å². The van der Waals surface area contributed by atoms with E-state index in [4.69, 9.17) is 4.74 Å². The van der Waals surface area contributed by atoms with Gasteiger partial charge in [-0.25, -0.2) is 9.07 Å². The van der Waals surface area contributed by atoms with Gasteiger partial charge in [0, 0.05) is 12.5 Å². The third kappa shape index (κ3) is 2.99. The van der Waals surface area contributed by atoms with Crippen LogP contribution in [0.15, 0.2) is 48.5 Å². The number of hydrogen-bond donors (Lipinski definition) is 1. The largest absolute Gasteiger partial charge is 0.476 e. The van der Waals surface area contributed by atoms with Crippen LogP contribution >= 0.6 is 0 Å². The van der Waals surface area contributed by atoms with Crippen LogP contribution in [0.5, 0.6) is 5.88 Å². The maximum absolute atomic E-state index is 13.2. The van der Waals surface area contributed by atoms with Crippen molar-refractivity contribution >= 4 is 10.9 Å². The van der Waals surface area contributed by atoms with Gasteiger partial charge < -0.3 is 10.1 Å². The molecule has 1 N–H and O–H groups in total. The number of nitrogens with zero attached hydrogens (tertiary/aromatic N) is 2. The first-order valence-corrected chi connectivity index (χ1v) is 8.38. The number of halogens is 1. The second-order valence-corrected chi connectivity index (χ2v) is 6.23. The van der Waals surface area contributed by atoms with E-state index in [2.05, 4.69) is 10.4 Å². The zero-order chi connectivity index (χ0) is 16.4. The number of nitrogens with one attached hydrogen (secondary N) is 1. The van der Waals surface area contributed by atoms with Crippen LogP contribution in [-0.4, -0.2) is 29.5 Å². The number of hydrogen-bond acceptors (Lipinski definition) is 3. The minimum atomic E-state index is -0.253. The number of para-hydroxylation sites is 1. The minimum Gasteiger partial charge on any atom is -0.476 e. The summed E-state index contributed by atoms with van der Waals surface area (Å²) in [6, 6.07) is 14.3. The van der Waals surface area contributed by atoms with Gasteiger partial charge in [-0.3, -0.25) is 0 Å². The lowest BCUT2D eigenvalue weighted by atomic mass is 10.0. The van der Waals surface area contributed by atoms with E-state index in [1.54, 1.807) is 12.1 Å². The molecule has 1 unspecified atom stereocenters. The highest BCUT2D eigenvalue weighted by molar-refractivity contribution is 5.85. The molecular weight excluding hydrogens is 305 g/mol. The zero-order valence-corrected chi connectivity index (χ0v) is 13.4. The highest BCUT2D eigenvalue weighted by Crippen LogP contribution is 2.28. The van der Waals surface area contributed by atoms with Crippen molar-refractivity contribution in [3.63, 3.8) is 0 Å². The van der Waals surface area contributed by atoms with Gasteiger partial charge in [0.1, 0.15) is 5.82 Å². The first kappa shape index (κ1) is 15.1. The first-order chi connectivity index (χ1) is 11.8. The van der Waals surface area contributed by atoms with Crippen molar-refractivity contribution < 1.29 is 9.13 Å². The predicted octanol–water partition coefficient (Wildman–Crippen LogP) is 3.54. The summed E-state index contributed by atoms with van der Waals surface area (Å²) >= 11 is 0. The van der Waals surface area contributed by atoms with Gasteiger partial charge in [-0.05, 0) is 55.8 Å². The van der Waals surface area contributed by atoms with E-state index in [0.717, 1.165) is 29.7 Å². The molecule has 2 heterocycles. The van der Waals surface area contributed by atoms with E-state index in [1.807, 2.05) is 28.9 Å². The molecule has 0 radical (unpaired) electrons. The molecule has 0 bridgehead atoms. The summed E-state index contributed by atoms with van der Waals surface area (Å²) in [7, 11) is 0. The van der Waals surface area contributed by atoms with E-state index in [1.165, 1.54) is 25.0 Å². The highest BCUT2D eigenvalue weighted by atomic mass is 19.1. The number of ether oxygens (including phenoxy) is 1. The minimum absolute atomic E-state index is 0.253. The molecule has 0 aliphatic carbocycles.